The summed E-state index contributed by atoms with van der Waals surface area (Å²) < 4.78 is 0. The van der Waals surface area contributed by atoms with Gasteiger partial charge in [-0.05, 0) is 23.0 Å². The fraction of sp³-hybridized carbons (Fsp3) is 0.318. The molecule has 0 amide bonds. The molecule has 0 radical (unpaired) electrons. The molecule has 1 nitrogen and oxygen atoms in total. The van der Waals surface area contributed by atoms with Gasteiger partial charge in [-0.15, -0.1) is 6.42 Å². The Kier molecular flexibility index (Phi) is 38.6. The van der Waals surface area contributed by atoms with Crippen molar-refractivity contribution in [3.05, 3.63) is 90.8 Å². The number of halogens is 2. The Labute approximate surface area is 182 Å². The number of benzene rings is 1. The zero-order valence-electron chi connectivity index (χ0n) is 18.0. The maximum absolute atomic E-state index is 9.93. The quantitative estimate of drug-likeness (QED) is 0.363. The summed E-state index contributed by atoms with van der Waals surface area (Å²) in [5.41, 5.74) is 2.09. The molecule has 0 fully saturated rings. The molecule has 1 aromatic carbocycles. The Bertz CT molecular complexity index is 419. The van der Waals surface area contributed by atoms with Crippen LogP contribution < -0.4 is 0 Å². The van der Waals surface area contributed by atoms with E-state index < -0.39 is 17.0 Å². The van der Waals surface area contributed by atoms with Crippen LogP contribution in [0.25, 0.3) is 0 Å². The second-order valence-corrected chi connectivity index (χ2v) is 7.75. The number of hydrogen-bond donors (Lipinski definition) is 1. The molecular weight excluding hydrogens is 399 g/mol. The number of aromatic hydroxyl groups is 1. The van der Waals surface area contributed by atoms with Gasteiger partial charge in [0.25, 0.3) is 0 Å². The van der Waals surface area contributed by atoms with Crippen LogP contribution in [-0.4, -0.2) is 5.11 Å². The Hall–Kier alpha value is -0.206. The molecule has 0 heterocycles. The molecule has 156 valence electrons. The molecule has 4 heteroatoms. The first-order chi connectivity index (χ1) is 9.95. The van der Waals surface area contributed by atoms with E-state index in [9.17, 15) is 5.11 Å². The molecule has 0 saturated carbocycles. The van der Waals surface area contributed by atoms with Gasteiger partial charge in [-0.1, -0.05) is 45.9 Å². The Morgan fingerprint density at radius 3 is 1.50 bits per heavy atom. The van der Waals surface area contributed by atoms with Crippen molar-refractivity contribution in [3.8, 4) is 5.75 Å². The predicted octanol–water partition coefficient (Wildman–Crippen LogP) is 8.57. The summed E-state index contributed by atoms with van der Waals surface area (Å²) in [6, 6.07) is 6.00. The van der Waals surface area contributed by atoms with E-state index in [-0.39, 0.29) is 37.1 Å². The van der Waals surface area contributed by atoms with Gasteiger partial charge in [-0.2, -0.15) is 6.08 Å². The molecule has 0 aliphatic heterocycles. The van der Waals surface area contributed by atoms with Crippen molar-refractivity contribution in [1.29, 1.82) is 0 Å². The monoisotopic (exact) mass is 436 g/mol. The van der Waals surface area contributed by atoms with Gasteiger partial charge in [-0.25, -0.2) is 12.2 Å². The first-order valence-electron chi connectivity index (χ1n) is 6.95. The average Bonchev–Trinajstić information content (AvgIpc) is 2.98. The van der Waals surface area contributed by atoms with Crippen LogP contribution >= 0.6 is 18.6 Å². The normalized spacial score (nSPS) is 9.54. The van der Waals surface area contributed by atoms with Crippen molar-refractivity contribution in [2.75, 3.05) is 0 Å². The van der Waals surface area contributed by atoms with Gasteiger partial charge >= 0.3 is 35.6 Å². The summed E-state index contributed by atoms with van der Waals surface area (Å²) in [6.07, 6.45) is 10.0. The van der Waals surface area contributed by atoms with Crippen molar-refractivity contribution in [3.63, 3.8) is 0 Å². The Morgan fingerprint density at radius 1 is 0.923 bits per heavy atom. The Balaban J connectivity index is -0.0000000663. The van der Waals surface area contributed by atoms with Crippen LogP contribution in [-0.2, 0) is 17.0 Å². The van der Waals surface area contributed by atoms with Crippen molar-refractivity contribution >= 4 is 18.6 Å². The molecule has 0 aromatic heterocycles. The molecule has 1 aromatic rings. The van der Waals surface area contributed by atoms with Crippen LogP contribution in [0.2, 0.25) is 0 Å². The molecule has 0 saturated heterocycles. The average molecular weight is 437 g/mol. The molecule has 0 spiro atoms. The molecule has 0 unspecified atom stereocenters. The van der Waals surface area contributed by atoms with Gasteiger partial charge in [0, 0.05) is 0 Å². The summed E-state index contributed by atoms with van der Waals surface area (Å²) >= 11 is -0.556. The fourth-order valence-electron chi connectivity index (χ4n) is 1.85. The third-order valence-corrected chi connectivity index (χ3v) is 2.93. The molecule has 1 aliphatic carbocycles. The maximum atomic E-state index is 9.93. The van der Waals surface area contributed by atoms with Crippen LogP contribution in [0.1, 0.15) is 57.1 Å². The third-order valence-electron chi connectivity index (χ3n) is 2.93. The van der Waals surface area contributed by atoms with Crippen LogP contribution in [0.3, 0.4) is 0 Å². The van der Waals surface area contributed by atoms with E-state index >= 15 is 0 Å². The second-order valence-electron chi connectivity index (χ2n) is 5.17. The zero-order chi connectivity index (χ0) is 16.3. The van der Waals surface area contributed by atoms with Crippen molar-refractivity contribution in [2.45, 2.75) is 46.0 Å². The second kappa shape index (κ2) is 24.8. The minimum absolute atomic E-state index is 0. The summed E-state index contributed by atoms with van der Waals surface area (Å²) in [6.45, 7) is 8.39. The van der Waals surface area contributed by atoms with Gasteiger partial charge in [-0.3, -0.25) is 6.08 Å². The van der Waals surface area contributed by atoms with Crippen molar-refractivity contribution in [1.82, 2.24) is 0 Å². The van der Waals surface area contributed by atoms with E-state index in [1.54, 1.807) is 0 Å². The molecule has 2 rings (SSSR count). The van der Waals surface area contributed by atoms with Crippen LogP contribution in [0.5, 0.6) is 5.75 Å². The van der Waals surface area contributed by atoms with E-state index in [2.05, 4.69) is 39.8 Å². The van der Waals surface area contributed by atoms with Crippen LogP contribution in [0.15, 0.2) is 36.4 Å². The zero-order valence-corrected chi connectivity index (χ0v) is 21.1. The first-order valence-corrected chi connectivity index (χ1v) is 11.2. The van der Waals surface area contributed by atoms with E-state index in [0.29, 0.717) is 17.6 Å². The molecular formula is C22H38Cl2OTi-6. The summed E-state index contributed by atoms with van der Waals surface area (Å²) in [4.78, 5) is 0. The summed E-state index contributed by atoms with van der Waals surface area (Å²) in [5, 5.41) is 9.93. The van der Waals surface area contributed by atoms with E-state index in [1.165, 1.54) is 0 Å². The van der Waals surface area contributed by atoms with Crippen LogP contribution in [0, 0.1) is 43.2 Å². The number of phenols is 1. The molecule has 1 aliphatic rings. The summed E-state index contributed by atoms with van der Waals surface area (Å²) in [5.74, 6) is 1.25. The number of rotatable bonds is 2. The van der Waals surface area contributed by atoms with E-state index in [0.717, 1.165) is 17.5 Å². The Morgan fingerprint density at radius 2 is 1.31 bits per heavy atom. The standard InChI is InChI=1S/C12H18O.C5H5.5CH3.2ClH.Ti/c1-8(2)10-6-5-7-11(9(3)4)12(10)13;1-2-4-5-3-1;;;;;;;;/h5-9,13H,1-4H3;1-3H,4H2;5*1H3;2*1H;/q;6*-1;;;+2/p-2. The van der Waals surface area contributed by atoms with E-state index in [4.69, 9.17) is 18.6 Å². The van der Waals surface area contributed by atoms with E-state index in [1.807, 2.05) is 30.4 Å². The van der Waals surface area contributed by atoms with Gasteiger partial charge in [0.05, 0.1) is 0 Å². The molecule has 1 N–H and O–H groups in total. The predicted molar refractivity (Wildman–Crippen MR) is 122 cm³/mol. The van der Waals surface area contributed by atoms with Gasteiger partial charge < -0.3 is 42.2 Å². The SMILES string of the molecule is CC(C)c1cccc(C(C)C)c1O.[C-]1=CC=CC1.[CH3-].[CH3-].[CH3-].[CH3-].[CH3-].[Cl][Ti][Cl]. The fourth-order valence-corrected chi connectivity index (χ4v) is 1.85. The number of allylic oxidation sites excluding steroid dienone is 4. The topological polar surface area (TPSA) is 20.2 Å². The summed E-state index contributed by atoms with van der Waals surface area (Å²) in [7, 11) is 9.78. The minimum atomic E-state index is -0.556. The van der Waals surface area contributed by atoms with Gasteiger partial charge in [0.1, 0.15) is 5.75 Å². The van der Waals surface area contributed by atoms with Crippen molar-refractivity contribution < 1.29 is 22.1 Å². The number of hydrogen-bond acceptors (Lipinski definition) is 1. The van der Waals surface area contributed by atoms with Gasteiger partial charge in [0.15, 0.2) is 0 Å². The first kappa shape index (κ1) is 40.5. The molecule has 0 bridgehead atoms. The molecule has 26 heavy (non-hydrogen) atoms. The van der Waals surface area contributed by atoms with Gasteiger partial charge in [0.2, 0.25) is 0 Å². The number of phenolic OH excluding ortho intramolecular Hbond substituents is 1. The number of para-hydroxylation sites is 1. The van der Waals surface area contributed by atoms with Crippen molar-refractivity contribution in [2.24, 2.45) is 0 Å². The molecule has 0 atom stereocenters. The van der Waals surface area contributed by atoms with Crippen LogP contribution in [0.4, 0.5) is 0 Å². The third kappa shape index (κ3) is 17.2.